The van der Waals surface area contributed by atoms with Gasteiger partial charge in [0.1, 0.15) is 11.9 Å². The van der Waals surface area contributed by atoms with Crippen LogP contribution >= 0.6 is 0 Å². The highest BCUT2D eigenvalue weighted by Gasteiger charge is 2.40. The van der Waals surface area contributed by atoms with Crippen LogP contribution in [0.2, 0.25) is 0 Å². The summed E-state index contributed by atoms with van der Waals surface area (Å²) in [5.74, 6) is 0.149. The second-order valence-electron chi connectivity index (χ2n) is 8.33. The number of aromatic nitrogens is 2. The molecule has 1 aliphatic rings. The number of anilines is 1. The van der Waals surface area contributed by atoms with Gasteiger partial charge < -0.3 is 5.32 Å². The number of rotatable bonds is 4. The molecule has 0 unspecified atom stereocenters. The van der Waals surface area contributed by atoms with Crippen molar-refractivity contribution in [3.8, 4) is 0 Å². The first-order valence-electron chi connectivity index (χ1n) is 10.7. The maximum Gasteiger partial charge on any atom is 0.244 e. The molecule has 0 radical (unpaired) electrons. The standard InChI is InChI=1S/C25H24N4O3S/c1-17-13-24(28(2)27-17)26-25(30)23-15-20-9-5-6-10-21(20)16-29(23)33(31,32)22-12-11-18-7-3-4-8-19(18)14-22/h3-14,23H,15-16H2,1-2H3,(H,26,30)/t23-/m0/s1. The maximum absolute atomic E-state index is 13.8. The highest BCUT2D eigenvalue weighted by atomic mass is 32.2. The Morgan fingerprint density at radius 1 is 0.970 bits per heavy atom. The SMILES string of the molecule is Cc1cc(NC(=O)[C@@H]2Cc3ccccc3CN2S(=O)(=O)c2ccc3ccccc3c2)n(C)n1. The van der Waals surface area contributed by atoms with Crippen LogP contribution in [0, 0.1) is 6.92 Å². The zero-order valence-corrected chi connectivity index (χ0v) is 19.2. The van der Waals surface area contributed by atoms with Crippen LogP contribution in [0.4, 0.5) is 5.82 Å². The Morgan fingerprint density at radius 3 is 2.39 bits per heavy atom. The summed E-state index contributed by atoms with van der Waals surface area (Å²) in [6.45, 7) is 1.97. The van der Waals surface area contributed by atoms with Crippen molar-refractivity contribution in [3.05, 3.63) is 89.6 Å². The molecule has 0 saturated carbocycles. The van der Waals surface area contributed by atoms with Gasteiger partial charge in [-0.1, -0.05) is 54.6 Å². The molecule has 5 rings (SSSR count). The number of fused-ring (bicyclic) bond motifs is 2. The molecule has 2 heterocycles. The van der Waals surface area contributed by atoms with E-state index in [1.165, 1.54) is 4.31 Å². The molecule has 1 atom stereocenters. The Hall–Kier alpha value is -3.49. The summed E-state index contributed by atoms with van der Waals surface area (Å²) >= 11 is 0. The van der Waals surface area contributed by atoms with Crippen LogP contribution in [0.5, 0.6) is 0 Å². The number of carbonyl (C=O) groups is 1. The number of hydrogen-bond acceptors (Lipinski definition) is 4. The third-order valence-electron chi connectivity index (χ3n) is 6.09. The highest BCUT2D eigenvalue weighted by Crippen LogP contribution is 2.31. The predicted octanol–water partition coefficient (Wildman–Crippen LogP) is 3.64. The number of amides is 1. The maximum atomic E-state index is 13.8. The zero-order chi connectivity index (χ0) is 23.2. The number of sulfonamides is 1. The Labute approximate surface area is 192 Å². The van der Waals surface area contributed by atoms with Crippen LogP contribution in [-0.4, -0.2) is 34.5 Å². The summed E-state index contributed by atoms with van der Waals surface area (Å²) < 4.78 is 30.5. The van der Waals surface area contributed by atoms with Gasteiger partial charge in [0.15, 0.2) is 0 Å². The lowest BCUT2D eigenvalue weighted by Crippen LogP contribution is -2.50. The lowest BCUT2D eigenvalue weighted by molar-refractivity contribution is -0.120. The minimum Gasteiger partial charge on any atom is -0.309 e. The van der Waals surface area contributed by atoms with Gasteiger partial charge in [0.25, 0.3) is 0 Å². The molecule has 1 amide bonds. The molecule has 8 heteroatoms. The van der Waals surface area contributed by atoms with E-state index in [0.717, 1.165) is 27.6 Å². The second-order valence-corrected chi connectivity index (χ2v) is 10.2. The molecule has 0 aliphatic carbocycles. The third kappa shape index (κ3) is 3.92. The van der Waals surface area contributed by atoms with Gasteiger partial charge in [-0.3, -0.25) is 9.48 Å². The molecule has 1 N–H and O–H groups in total. The van der Waals surface area contributed by atoms with E-state index < -0.39 is 16.1 Å². The average molecular weight is 461 g/mol. The van der Waals surface area contributed by atoms with E-state index in [2.05, 4.69) is 10.4 Å². The molecule has 0 saturated heterocycles. The number of hydrogen-bond donors (Lipinski definition) is 1. The van der Waals surface area contributed by atoms with Crippen LogP contribution in [0.1, 0.15) is 16.8 Å². The predicted molar refractivity (Wildman–Crippen MR) is 127 cm³/mol. The van der Waals surface area contributed by atoms with Gasteiger partial charge in [0.2, 0.25) is 15.9 Å². The van der Waals surface area contributed by atoms with Crippen LogP contribution < -0.4 is 5.32 Å². The fraction of sp³-hybridized carbons (Fsp3) is 0.200. The van der Waals surface area contributed by atoms with E-state index in [0.29, 0.717) is 12.2 Å². The summed E-state index contributed by atoms with van der Waals surface area (Å²) in [6, 6.07) is 21.2. The minimum absolute atomic E-state index is 0.133. The van der Waals surface area contributed by atoms with Crippen molar-refractivity contribution in [2.24, 2.45) is 7.05 Å². The van der Waals surface area contributed by atoms with Gasteiger partial charge in [-0.15, -0.1) is 0 Å². The largest absolute Gasteiger partial charge is 0.309 e. The number of carbonyl (C=O) groups excluding carboxylic acids is 1. The highest BCUT2D eigenvalue weighted by molar-refractivity contribution is 7.89. The molecule has 3 aromatic carbocycles. The lowest BCUT2D eigenvalue weighted by atomic mass is 9.95. The zero-order valence-electron chi connectivity index (χ0n) is 18.4. The number of nitrogens with one attached hydrogen (secondary N) is 1. The molecule has 4 aromatic rings. The van der Waals surface area contributed by atoms with Gasteiger partial charge in [0, 0.05) is 19.7 Å². The lowest BCUT2D eigenvalue weighted by Gasteiger charge is -2.35. The van der Waals surface area contributed by atoms with Crippen LogP contribution in [0.25, 0.3) is 10.8 Å². The molecule has 7 nitrogen and oxygen atoms in total. The fourth-order valence-corrected chi connectivity index (χ4v) is 5.98. The molecule has 0 fully saturated rings. The number of nitrogens with zero attached hydrogens (tertiary/aromatic N) is 3. The van der Waals surface area contributed by atoms with Crippen molar-refractivity contribution >= 4 is 32.5 Å². The van der Waals surface area contributed by atoms with Crippen molar-refractivity contribution in [2.75, 3.05) is 5.32 Å². The van der Waals surface area contributed by atoms with Gasteiger partial charge >= 0.3 is 0 Å². The van der Waals surface area contributed by atoms with Gasteiger partial charge in [-0.2, -0.15) is 9.40 Å². The van der Waals surface area contributed by atoms with Crippen LogP contribution in [0.15, 0.2) is 77.7 Å². The Balaban J connectivity index is 1.55. The summed E-state index contributed by atoms with van der Waals surface area (Å²) in [5.41, 5.74) is 2.65. The molecule has 168 valence electrons. The van der Waals surface area contributed by atoms with Crippen molar-refractivity contribution in [1.82, 2.24) is 14.1 Å². The molecule has 0 spiro atoms. The number of benzene rings is 3. The first-order chi connectivity index (χ1) is 15.8. The Morgan fingerprint density at radius 2 is 1.67 bits per heavy atom. The Bertz CT molecular complexity index is 1480. The monoisotopic (exact) mass is 460 g/mol. The van der Waals surface area contributed by atoms with E-state index >= 15 is 0 Å². The van der Waals surface area contributed by atoms with Crippen LogP contribution in [0.3, 0.4) is 0 Å². The summed E-state index contributed by atoms with van der Waals surface area (Å²) in [6.07, 6.45) is 0.297. The first-order valence-corrected chi connectivity index (χ1v) is 12.2. The average Bonchev–Trinajstić information content (AvgIpc) is 3.14. The fourth-order valence-electron chi connectivity index (χ4n) is 4.38. The van der Waals surface area contributed by atoms with Crippen molar-refractivity contribution < 1.29 is 13.2 Å². The van der Waals surface area contributed by atoms with Gasteiger partial charge in [-0.25, -0.2) is 8.42 Å². The Kier molecular flexibility index (Phi) is 5.26. The smallest absolute Gasteiger partial charge is 0.244 e. The van der Waals surface area contributed by atoms with E-state index in [1.807, 2.05) is 55.5 Å². The normalized spacial score (nSPS) is 16.5. The molecular formula is C25H24N4O3S. The van der Waals surface area contributed by atoms with Crippen molar-refractivity contribution in [1.29, 1.82) is 0 Å². The van der Waals surface area contributed by atoms with E-state index in [1.54, 1.807) is 36.0 Å². The van der Waals surface area contributed by atoms with Crippen LogP contribution in [-0.2, 0) is 34.8 Å². The number of aryl methyl sites for hydroxylation is 2. The summed E-state index contributed by atoms with van der Waals surface area (Å²) in [5, 5.41) is 8.92. The second kappa shape index (κ2) is 8.13. The molecule has 1 aliphatic heterocycles. The van der Waals surface area contributed by atoms with Gasteiger partial charge in [0.05, 0.1) is 10.6 Å². The third-order valence-corrected chi connectivity index (χ3v) is 7.94. The summed E-state index contributed by atoms with van der Waals surface area (Å²) in [4.78, 5) is 13.6. The van der Waals surface area contributed by atoms with Gasteiger partial charge in [-0.05, 0) is 47.4 Å². The topological polar surface area (TPSA) is 84.3 Å². The first kappa shape index (κ1) is 21.4. The molecule has 33 heavy (non-hydrogen) atoms. The van der Waals surface area contributed by atoms with E-state index in [9.17, 15) is 13.2 Å². The minimum atomic E-state index is -3.94. The quantitative estimate of drug-likeness (QED) is 0.504. The van der Waals surface area contributed by atoms with E-state index in [4.69, 9.17) is 0 Å². The van der Waals surface area contributed by atoms with Crippen molar-refractivity contribution in [2.45, 2.75) is 30.8 Å². The molecule has 0 bridgehead atoms. The van der Waals surface area contributed by atoms with Crippen molar-refractivity contribution in [3.63, 3.8) is 0 Å². The molecule has 1 aromatic heterocycles. The summed E-state index contributed by atoms with van der Waals surface area (Å²) in [7, 11) is -2.20. The molecular weight excluding hydrogens is 436 g/mol. The van der Waals surface area contributed by atoms with E-state index in [-0.39, 0.29) is 17.3 Å².